The third-order valence-electron chi connectivity index (χ3n) is 8.12. The highest BCUT2D eigenvalue weighted by atomic mass is 19.3. The molecule has 0 radical (unpaired) electrons. The molecule has 3 aromatic rings. The smallest absolute Gasteiger partial charge is 0.296 e. The zero-order chi connectivity index (χ0) is 27.5. The third-order valence-corrected chi connectivity index (χ3v) is 8.12. The van der Waals surface area contributed by atoms with Crippen LogP contribution in [0.3, 0.4) is 0 Å². The molecule has 2 saturated heterocycles. The Kier molecular flexibility index (Phi) is 8.05. The standard InChI is InChI=1S/C28H36F2N8O2/c29-25(30)26-34-21-5-1-2-6-22(21)38(26)24-16-23(37-12-14-40-15-13-37)35-28(36-24)33-20-9-7-19(8-10-20)32-27(39)18-4-3-11-31-17-18/h1-2,5-6,16,18-20,25,31H,3-4,7-15,17H2,(H,32,39)(H,33,35,36)/t18-,19?,20?/m0/s1. The molecule has 3 fully saturated rings. The monoisotopic (exact) mass is 554 g/mol. The number of morpholine rings is 1. The van der Waals surface area contributed by atoms with E-state index < -0.39 is 6.43 Å². The first-order valence-electron chi connectivity index (χ1n) is 14.3. The molecule has 1 aliphatic carbocycles. The molecule has 0 bridgehead atoms. The fourth-order valence-electron chi connectivity index (χ4n) is 5.95. The average molecular weight is 555 g/mol. The SMILES string of the molecule is O=C(NC1CCC(Nc2nc(N3CCOCC3)cc(-n3c(C(F)F)nc4ccccc43)n2)CC1)[C@H]1CCCNC1. The Balaban J connectivity index is 1.22. The maximum absolute atomic E-state index is 14.1. The molecule has 40 heavy (non-hydrogen) atoms. The van der Waals surface area contributed by atoms with Gasteiger partial charge in [0.25, 0.3) is 6.43 Å². The molecule has 2 aromatic heterocycles. The summed E-state index contributed by atoms with van der Waals surface area (Å²) in [4.78, 5) is 28.5. The largest absolute Gasteiger partial charge is 0.378 e. The van der Waals surface area contributed by atoms with E-state index in [1.54, 1.807) is 30.3 Å². The Morgan fingerprint density at radius 2 is 1.75 bits per heavy atom. The molecule has 6 rings (SSSR count). The van der Waals surface area contributed by atoms with E-state index in [0.717, 1.165) is 51.6 Å². The second-order valence-corrected chi connectivity index (χ2v) is 10.8. The molecule has 1 atom stereocenters. The van der Waals surface area contributed by atoms with Gasteiger partial charge in [-0.15, -0.1) is 0 Å². The van der Waals surface area contributed by atoms with Gasteiger partial charge in [0.05, 0.1) is 30.2 Å². The van der Waals surface area contributed by atoms with Crippen LogP contribution in [0.1, 0.15) is 50.8 Å². The number of carbonyl (C=O) groups excluding carboxylic acids is 1. The van der Waals surface area contributed by atoms with Crippen molar-refractivity contribution in [2.45, 2.75) is 57.0 Å². The van der Waals surface area contributed by atoms with E-state index in [4.69, 9.17) is 14.7 Å². The Hall–Kier alpha value is -3.38. The van der Waals surface area contributed by atoms with Gasteiger partial charge in [-0.3, -0.25) is 9.36 Å². The van der Waals surface area contributed by atoms with Gasteiger partial charge < -0.3 is 25.6 Å². The van der Waals surface area contributed by atoms with Crippen LogP contribution in [0.5, 0.6) is 0 Å². The summed E-state index contributed by atoms with van der Waals surface area (Å²) in [6.07, 6.45) is 2.64. The number of ether oxygens (including phenoxy) is 1. The van der Waals surface area contributed by atoms with Crippen molar-refractivity contribution in [2.24, 2.45) is 5.92 Å². The summed E-state index contributed by atoms with van der Waals surface area (Å²) in [6.45, 7) is 4.20. The average Bonchev–Trinajstić information content (AvgIpc) is 3.39. The number of anilines is 2. The number of nitrogens with one attached hydrogen (secondary N) is 3. The number of nitrogens with zero attached hydrogens (tertiary/aromatic N) is 5. The van der Waals surface area contributed by atoms with Gasteiger partial charge in [-0.1, -0.05) is 12.1 Å². The van der Waals surface area contributed by atoms with Gasteiger partial charge in [-0.2, -0.15) is 9.97 Å². The molecule has 10 nitrogen and oxygen atoms in total. The number of halogens is 2. The number of imidazole rings is 1. The summed E-state index contributed by atoms with van der Waals surface area (Å²) in [6, 6.07) is 9.12. The molecule has 0 unspecified atom stereocenters. The Bertz CT molecular complexity index is 1310. The number of rotatable bonds is 7. The van der Waals surface area contributed by atoms with Crippen LogP contribution in [0.15, 0.2) is 30.3 Å². The van der Waals surface area contributed by atoms with Gasteiger partial charge in [-0.25, -0.2) is 13.8 Å². The summed E-state index contributed by atoms with van der Waals surface area (Å²) >= 11 is 0. The third kappa shape index (κ3) is 5.87. The van der Waals surface area contributed by atoms with Gasteiger partial charge >= 0.3 is 0 Å². The summed E-state index contributed by atoms with van der Waals surface area (Å²) in [7, 11) is 0. The topological polar surface area (TPSA) is 109 Å². The fraction of sp³-hybridized carbons (Fsp3) is 0.571. The van der Waals surface area contributed by atoms with Crippen LogP contribution >= 0.6 is 0 Å². The van der Waals surface area contributed by atoms with Crippen LogP contribution in [0.2, 0.25) is 0 Å². The first kappa shape index (κ1) is 26.8. The number of carbonyl (C=O) groups is 1. The number of para-hydroxylation sites is 2. The quantitative estimate of drug-likeness (QED) is 0.408. The van der Waals surface area contributed by atoms with Crippen LogP contribution in [0.4, 0.5) is 20.5 Å². The predicted octanol–water partition coefficient (Wildman–Crippen LogP) is 3.43. The number of aromatic nitrogens is 4. The summed E-state index contributed by atoms with van der Waals surface area (Å²) < 4.78 is 35.2. The maximum Gasteiger partial charge on any atom is 0.296 e. The normalized spacial score (nSPS) is 23.9. The van der Waals surface area contributed by atoms with Crippen LogP contribution in [-0.4, -0.2) is 76.9 Å². The van der Waals surface area contributed by atoms with Crippen molar-refractivity contribution >= 4 is 28.7 Å². The summed E-state index contributed by atoms with van der Waals surface area (Å²) in [5.41, 5.74) is 1.06. The highest BCUT2D eigenvalue weighted by molar-refractivity contribution is 5.79. The molecule has 0 spiro atoms. The molecule has 12 heteroatoms. The van der Waals surface area contributed by atoms with Gasteiger partial charge in [0.15, 0.2) is 5.82 Å². The maximum atomic E-state index is 14.1. The number of piperidine rings is 1. The molecule has 1 saturated carbocycles. The van der Waals surface area contributed by atoms with Crippen LogP contribution in [-0.2, 0) is 9.53 Å². The predicted molar refractivity (Wildman–Crippen MR) is 148 cm³/mol. The Morgan fingerprint density at radius 1 is 1.00 bits per heavy atom. The van der Waals surface area contributed by atoms with Gasteiger partial charge in [0, 0.05) is 37.8 Å². The second-order valence-electron chi connectivity index (χ2n) is 10.8. The molecule has 4 heterocycles. The van der Waals surface area contributed by atoms with Crippen LogP contribution in [0, 0.1) is 5.92 Å². The van der Waals surface area contributed by atoms with Crippen molar-refractivity contribution < 1.29 is 18.3 Å². The van der Waals surface area contributed by atoms with Crippen LogP contribution < -0.4 is 20.9 Å². The minimum absolute atomic E-state index is 0.0525. The van der Waals surface area contributed by atoms with E-state index in [1.165, 1.54) is 4.57 Å². The van der Waals surface area contributed by atoms with Crippen molar-refractivity contribution in [1.29, 1.82) is 0 Å². The number of hydrogen-bond donors (Lipinski definition) is 3. The fourth-order valence-corrected chi connectivity index (χ4v) is 5.95. The zero-order valence-corrected chi connectivity index (χ0v) is 22.5. The molecule has 1 amide bonds. The Morgan fingerprint density at radius 3 is 2.50 bits per heavy atom. The lowest BCUT2D eigenvalue weighted by Gasteiger charge is -2.32. The first-order valence-corrected chi connectivity index (χ1v) is 14.3. The number of amides is 1. The molecular formula is C28H36F2N8O2. The van der Waals surface area contributed by atoms with E-state index in [1.807, 2.05) is 0 Å². The van der Waals surface area contributed by atoms with Crippen molar-refractivity contribution in [3.8, 4) is 5.82 Å². The van der Waals surface area contributed by atoms with Gasteiger partial charge in [-0.05, 0) is 57.2 Å². The number of alkyl halides is 2. The Labute approximate surface area is 231 Å². The van der Waals surface area contributed by atoms with Crippen molar-refractivity contribution in [3.63, 3.8) is 0 Å². The molecule has 2 aliphatic heterocycles. The van der Waals surface area contributed by atoms with E-state index in [2.05, 4.69) is 25.8 Å². The van der Waals surface area contributed by atoms with Crippen molar-refractivity contribution in [3.05, 3.63) is 36.2 Å². The van der Waals surface area contributed by atoms with Crippen LogP contribution in [0.25, 0.3) is 16.9 Å². The highest BCUT2D eigenvalue weighted by Crippen LogP contribution is 2.30. The minimum Gasteiger partial charge on any atom is -0.378 e. The highest BCUT2D eigenvalue weighted by Gasteiger charge is 2.28. The number of benzene rings is 1. The van der Waals surface area contributed by atoms with E-state index in [0.29, 0.717) is 54.9 Å². The molecule has 3 N–H and O–H groups in total. The lowest BCUT2D eigenvalue weighted by Crippen LogP contribution is -2.46. The minimum atomic E-state index is -2.76. The van der Waals surface area contributed by atoms with Gasteiger partial charge in [0.2, 0.25) is 11.9 Å². The number of fused-ring (bicyclic) bond motifs is 1. The lowest BCUT2D eigenvalue weighted by atomic mass is 9.90. The van der Waals surface area contributed by atoms with Crippen molar-refractivity contribution in [2.75, 3.05) is 49.6 Å². The van der Waals surface area contributed by atoms with E-state index in [-0.39, 0.29) is 29.7 Å². The molecular weight excluding hydrogens is 518 g/mol. The van der Waals surface area contributed by atoms with E-state index >= 15 is 0 Å². The molecule has 1 aromatic carbocycles. The first-order chi connectivity index (χ1) is 19.5. The summed E-state index contributed by atoms with van der Waals surface area (Å²) in [5, 5.41) is 10.0. The van der Waals surface area contributed by atoms with Crippen molar-refractivity contribution in [1.82, 2.24) is 30.2 Å². The molecule has 3 aliphatic rings. The van der Waals surface area contributed by atoms with E-state index in [9.17, 15) is 13.6 Å². The molecule has 214 valence electrons. The zero-order valence-electron chi connectivity index (χ0n) is 22.5. The number of hydrogen-bond acceptors (Lipinski definition) is 8. The lowest BCUT2D eigenvalue weighted by molar-refractivity contribution is -0.126. The second kappa shape index (κ2) is 12.0. The summed E-state index contributed by atoms with van der Waals surface area (Å²) in [5.74, 6) is 1.27. The van der Waals surface area contributed by atoms with Gasteiger partial charge in [0.1, 0.15) is 11.6 Å².